The van der Waals surface area contributed by atoms with Gasteiger partial charge in [-0.3, -0.25) is 14.4 Å². The van der Waals surface area contributed by atoms with Crippen molar-refractivity contribution in [2.45, 2.75) is 23.9 Å². The lowest BCUT2D eigenvalue weighted by Crippen LogP contribution is -2.68. The van der Waals surface area contributed by atoms with Gasteiger partial charge in [-0.05, 0) is 0 Å². The van der Waals surface area contributed by atoms with E-state index in [1.165, 1.54) is 0 Å². The Bertz CT molecular complexity index is 578. The summed E-state index contributed by atoms with van der Waals surface area (Å²) >= 11 is 0. The molecule has 4 unspecified atom stereocenters. The zero-order valence-electron chi connectivity index (χ0n) is 11.7. The highest BCUT2D eigenvalue weighted by molar-refractivity contribution is 6.47. The molecule has 0 saturated heterocycles. The van der Waals surface area contributed by atoms with Gasteiger partial charge in [0.1, 0.15) is 18.3 Å². The number of aliphatic hydroxyl groups is 4. The Morgan fingerprint density at radius 2 is 1.38 bits per heavy atom. The highest BCUT2D eigenvalue weighted by Gasteiger charge is 2.57. The number of nitrogens with two attached hydrogens (primary N) is 3. The van der Waals surface area contributed by atoms with Gasteiger partial charge in [0.15, 0.2) is 6.29 Å². The first-order valence-corrected chi connectivity index (χ1v) is 5.83. The van der Waals surface area contributed by atoms with Crippen LogP contribution in [0.4, 0.5) is 9.59 Å². The van der Waals surface area contributed by atoms with Gasteiger partial charge in [0, 0.05) is 0 Å². The number of aliphatic hydroxyl groups excluding tert-OH is 3. The molecule has 0 aliphatic rings. The van der Waals surface area contributed by atoms with Gasteiger partial charge < -0.3 is 42.4 Å². The van der Waals surface area contributed by atoms with Crippen molar-refractivity contribution in [3.8, 4) is 0 Å². The average Bonchev–Trinajstić information content (AvgIpc) is 2.49. The number of Topliss-reactive ketones (excluding diaryl/α,β-unsaturated/α-hetero) is 1. The maximum absolute atomic E-state index is 11.9. The Labute approximate surface area is 132 Å². The topological polar surface area (TPSA) is 265 Å². The number of hydrogen-bond donors (Lipinski definition) is 7. The fourth-order valence-corrected chi connectivity index (χ4v) is 1.48. The minimum absolute atomic E-state index is 0.333. The number of carbonyl (C=O) groups is 6. The van der Waals surface area contributed by atoms with Gasteiger partial charge in [-0.1, -0.05) is 0 Å². The summed E-state index contributed by atoms with van der Waals surface area (Å²) in [5.74, 6) is -6.75. The monoisotopic (exact) mass is 350 g/mol. The molecule has 14 nitrogen and oxygen atoms in total. The van der Waals surface area contributed by atoms with Crippen molar-refractivity contribution in [2.75, 3.05) is 0 Å². The summed E-state index contributed by atoms with van der Waals surface area (Å²) in [4.78, 5) is 66.4. The van der Waals surface area contributed by atoms with Gasteiger partial charge in [0.2, 0.25) is 5.60 Å². The van der Waals surface area contributed by atoms with Gasteiger partial charge in [-0.2, -0.15) is 4.90 Å². The summed E-state index contributed by atoms with van der Waals surface area (Å²) in [5.41, 5.74) is 10.00. The predicted octanol–water partition coefficient (Wildman–Crippen LogP) is -5.96. The third-order valence-electron chi connectivity index (χ3n) is 2.80. The van der Waals surface area contributed by atoms with E-state index < -0.39 is 58.5 Å². The molecule has 0 fully saturated rings. The number of ketones is 1. The summed E-state index contributed by atoms with van der Waals surface area (Å²) in [6.45, 7) is 0. The number of hydrogen-bond acceptors (Lipinski definition) is 10. The minimum Gasteiger partial charge on any atom is -0.387 e. The van der Waals surface area contributed by atoms with E-state index in [4.69, 9.17) is 5.11 Å². The third kappa shape index (κ3) is 3.69. The number of aldehydes is 1. The van der Waals surface area contributed by atoms with Crippen LogP contribution in [-0.4, -0.2) is 85.2 Å². The molecule has 6 amide bonds. The first-order chi connectivity index (χ1) is 10.8. The molecule has 0 radical (unpaired) electrons. The maximum Gasteiger partial charge on any atom is 0.330 e. The number of nitrogens with zero attached hydrogens (tertiary/aromatic N) is 1. The standard InChI is InChI=1S/C10H14N4O10/c11-7(21)10(24,4(18)3(17)2(16)1-15)5(19)6(20)14(8(12)22)9(13)23/h1-4,16-18,24H,(H2,11,21)(H2,12,22)(H2,13,23). The van der Waals surface area contributed by atoms with Crippen LogP contribution in [0.25, 0.3) is 0 Å². The van der Waals surface area contributed by atoms with Crippen LogP contribution in [0.15, 0.2) is 0 Å². The third-order valence-corrected chi connectivity index (χ3v) is 2.80. The second-order valence-corrected chi connectivity index (χ2v) is 4.34. The SMILES string of the molecule is NC(=O)N(C(N)=O)C(=O)C(=O)C(O)(C(N)=O)C(O)C(O)C(O)C=O. The van der Waals surface area contributed by atoms with Crippen molar-refractivity contribution in [1.82, 2.24) is 4.90 Å². The average molecular weight is 350 g/mol. The van der Waals surface area contributed by atoms with Crippen molar-refractivity contribution in [3.63, 3.8) is 0 Å². The second kappa shape index (κ2) is 7.55. The Morgan fingerprint density at radius 3 is 1.67 bits per heavy atom. The van der Waals surface area contributed by atoms with Crippen LogP contribution in [0, 0.1) is 0 Å². The molecule has 0 heterocycles. The Morgan fingerprint density at radius 1 is 0.958 bits per heavy atom. The smallest absolute Gasteiger partial charge is 0.330 e. The first-order valence-electron chi connectivity index (χ1n) is 5.83. The fourth-order valence-electron chi connectivity index (χ4n) is 1.48. The number of amides is 6. The highest BCUT2D eigenvalue weighted by Crippen LogP contribution is 2.19. The molecule has 0 aromatic heterocycles. The molecule has 24 heavy (non-hydrogen) atoms. The predicted molar refractivity (Wildman–Crippen MR) is 69.2 cm³/mol. The first kappa shape index (κ1) is 21.1. The van der Waals surface area contributed by atoms with Crippen LogP contribution in [0.2, 0.25) is 0 Å². The fraction of sp³-hybridized carbons (Fsp3) is 0.400. The molecule has 0 aliphatic carbocycles. The minimum atomic E-state index is -3.93. The summed E-state index contributed by atoms with van der Waals surface area (Å²) in [6, 6.07) is -3.73. The lowest BCUT2D eigenvalue weighted by atomic mass is 9.85. The van der Waals surface area contributed by atoms with E-state index in [1.54, 1.807) is 0 Å². The van der Waals surface area contributed by atoms with Gasteiger partial charge in [0.25, 0.3) is 11.7 Å². The normalized spacial score (nSPS) is 16.8. The molecule has 0 spiro atoms. The largest absolute Gasteiger partial charge is 0.387 e. The van der Waals surface area contributed by atoms with Crippen molar-refractivity contribution >= 4 is 35.9 Å². The maximum atomic E-state index is 11.9. The summed E-state index contributed by atoms with van der Waals surface area (Å²) < 4.78 is 0. The van der Waals surface area contributed by atoms with Crippen molar-refractivity contribution < 1.29 is 49.2 Å². The molecular formula is C10H14N4O10. The van der Waals surface area contributed by atoms with Crippen LogP contribution in [0.1, 0.15) is 0 Å². The van der Waals surface area contributed by atoms with E-state index in [2.05, 4.69) is 17.2 Å². The summed E-state index contributed by atoms with van der Waals surface area (Å²) in [5, 5.41) is 38.0. The quantitative estimate of drug-likeness (QED) is 0.130. The Hall–Kier alpha value is -2.94. The molecule has 0 saturated carbocycles. The summed E-state index contributed by atoms with van der Waals surface area (Å²) in [6.07, 6.45) is -8.36. The molecule has 0 aliphatic heterocycles. The molecule has 0 bridgehead atoms. The summed E-state index contributed by atoms with van der Waals surface area (Å²) in [7, 11) is 0. The number of primary amides is 3. The van der Waals surface area contributed by atoms with Gasteiger partial charge in [-0.15, -0.1) is 0 Å². The van der Waals surface area contributed by atoms with Crippen LogP contribution in [0.5, 0.6) is 0 Å². The van der Waals surface area contributed by atoms with Crippen LogP contribution in [-0.2, 0) is 19.2 Å². The van der Waals surface area contributed by atoms with E-state index in [9.17, 15) is 44.1 Å². The van der Waals surface area contributed by atoms with Crippen molar-refractivity contribution in [1.29, 1.82) is 0 Å². The van der Waals surface area contributed by atoms with Crippen LogP contribution >= 0.6 is 0 Å². The van der Waals surface area contributed by atoms with E-state index in [1.807, 2.05) is 0 Å². The Balaban J connectivity index is 5.98. The number of imide groups is 3. The number of carbonyl (C=O) groups excluding carboxylic acids is 6. The Kier molecular flexibility index (Phi) is 6.63. The zero-order valence-corrected chi connectivity index (χ0v) is 11.7. The van der Waals surface area contributed by atoms with Gasteiger partial charge in [-0.25, -0.2) is 9.59 Å². The van der Waals surface area contributed by atoms with Crippen molar-refractivity contribution in [3.05, 3.63) is 0 Å². The molecule has 0 aromatic rings. The molecule has 10 N–H and O–H groups in total. The molecule has 4 atom stereocenters. The van der Waals surface area contributed by atoms with E-state index in [0.717, 1.165) is 0 Å². The highest BCUT2D eigenvalue weighted by atomic mass is 16.4. The number of rotatable bonds is 7. The van der Waals surface area contributed by atoms with E-state index >= 15 is 0 Å². The zero-order chi connectivity index (χ0) is 19.4. The van der Waals surface area contributed by atoms with Crippen molar-refractivity contribution in [2.24, 2.45) is 17.2 Å². The van der Waals surface area contributed by atoms with Crippen LogP contribution < -0.4 is 17.2 Å². The lowest BCUT2D eigenvalue weighted by Gasteiger charge is -2.32. The molecular weight excluding hydrogens is 336 g/mol. The van der Waals surface area contributed by atoms with Gasteiger partial charge in [0.05, 0.1) is 0 Å². The second-order valence-electron chi connectivity index (χ2n) is 4.34. The van der Waals surface area contributed by atoms with E-state index in [0.29, 0.717) is 0 Å². The van der Waals surface area contributed by atoms with E-state index in [-0.39, 0.29) is 6.29 Å². The molecule has 0 aromatic carbocycles. The van der Waals surface area contributed by atoms with Crippen LogP contribution in [0.3, 0.4) is 0 Å². The number of urea groups is 2. The lowest BCUT2D eigenvalue weighted by molar-refractivity contribution is -0.182. The molecule has 14 heteroatoms. The molecule has 134 valence electrons. The molecule has 0 rings (SSSR count). The van der Waals surface area contributed by atoms with Gasteiger partial charge >= 0.3 is 18.0 Å².